The number of nitrogens with one attached hydrogen (secondary N) is 1. The van der Waals surface area contributed by atoms with Crippen molar-refractivity contribution in [1.82, 2.24) is 4.90 Å². The van der Waals surface area contributed by atoms with E-state index in [2.05, 4.69) is 5.32 Å². The maximum atomic E-state index is 12.3. The molecule has 0 atom stereocenters. The third-order valence-electron chi connectivity index (χ3n) is 3.12. The van der Waals surface area contributed by atoms with Gasteiger partial charge in [0.2, 0.25) is 0 Å². The minimum absolute atomic E-state index is 0.0155. The Morgan fingerprint density at radius 2 is 2.05 bits per heavy atom. The largest absolute Gasteiger partial charge is 0.481 e. The number of hydrogen-bond donors (Lipinski definition) is 2. The lowest BCUT2D eigenvalue weighted by Crippen LogP contribution is -2.41. The summed E-state index contributed by atoms with van der Waals surface area (Å²) in [6.45, 7) is 6.07. The van der Waals surface area contributed by atoms with Gasteiger partial charge in [-0.2, -0.15) is 0 Å². The second-order valence-electron chi connectivity index (χ2n) is 5.17. The van der Waals surface area contributed by atoms with Crippen molar-refractivity contribution in [3.05, 3.63) is 28.8 Å². The Morgan fingerprint density at radius 1 is 1.38 bits per heavy atom. The zero-order valence-electron chi connectivity index (χ0n) is 12.5. The van der Waals surface area contributed by atoms with Gasteiger partial charge in [0, 0.05) is 29.7 Å². The van der Waals surface area contributed by atoms with Crippen molar-refractivity contribution in [2.45, 2.75) is 39.7 Å². The Morgan fingerprint density at radius 3 is 2.62 bits per heavy atom. The smallest absolute Gasteiger partial charge is 0.322 e. The van der Waals surface area contributed by atoms with Gasteiger partial charge in [0.15, 0.2) is 0 Å². The minimum atomic E-state index is -0.857. The first-order valence-electron chi connectivity index (χ1n) is 6.87. The molecule has 0 unspecified atom stereocenters. The fourth-order valence-corrected chi connectivity index (χ4v) is 2.08. The number of aliphatic carboxylic acids is 1. The molecule has 0 aliphatic rings. The lowest BCUT2D eigenvalue weighted by atomic mass is 10.2. The Kier molecular flexibility index (Phi) is 6.49. The number of anilines is 1. The first kappa shape index (κ1) is 17.3. The number of carbonyl (C=O) groups excluding carboxylic acids is 1. The van der Waals surface area contributed by atoms with Gasteiger partial charge in [0.1, 0.15) is 0 Å². The second kappa shape index (κ2) is 7.88. The third-order valence-corrected chi connectivity index (χ3v) is 3.35. The zero-order valence-corrected chi connectivity index (χ0v) is 13.3. The predicted octanol–water partition coefficient (Wildman–Crippen LogP) is 3.76. The summed E-state index contributed by atoms with van der Waals surface area (Å²) in [6, 6.07) is 5.03. The maximum Gasteiger partial charge on any atom is 0.322 e. The monoisotopic (exact) mass is 312 g/mol. The van der Waals surface area contributed by atoms with Crippen molar-refractivity contribution < 1.29 is 14.7 Å². The van der Waals surface area contributed by atoms with Crippen LogP contribution in [0.25, 0.3) is 0 Å². The Balaban J connectivity index is 2.72. The molecule has 0 bridgehead atoms. The van der Waals surface area contributed by atoms with E-state index in [-0.39, 0.29) is 18.5 Å². The highest BCUT2D eigenvalue weighted by molar-refractivity contribution is 6.31. The Labute approximate surface area is 129 Å². The molecule has 0 fully saturated rings. The first-order chi connectivity index (χ1) is 9.81. The van der Waals surface area contributed by atoms with E-state index in [0.717, 1.165) is 5.56 Å². The van der Waals surface area contributed by atoms with E-state index < -0.39 is 5.97 Å². The zero-order chi connectivity index (χ0) is 16.0. The van der Waals surface area contributed by atoms with E-state index in [1.807, 2.05) is 26.8 Å². The molecule has 2 N–H and O–H groups in total. The highest BCUT2D eigenvalue weighted by Crippen LogP contribution is 2.21. The van der Waals surface area contributed by atoms with Crippen LogP contribution in [-0.2, 0) is 4.79 Å². The molecule has 0 aliphatic heterocycles. The molecule has 1 rings (SSSR count). The van der Waals surface area contributed by atoms with Gasteiger partial charge in [-0.15, -0.1) is 0 Å². The molecule has 2 amide bonds. The fourth-order valence-electron chi connectivity index (χ4n) is 1.91. The lowest BCUT2D eigenvalue weighted by Gasteiger charge is -2.27. The molecule has 0 heterocycles. The summed E-state index contributed by atoms with van der Waals surface area (Å²) >= 11 is 5.93. The first-order valence-corrected chi connectivity index (χ1v) is 7.24. The molecule has 1 aromatic carbocycles. The maximum absolute atomic E-state index is 12.3. The lowest BCUT2D eigenvalue weighted by molar-refractivity contribution is -0.137. The predicted molar refractivity (Wildman–Crippen MR) is 83.9 cm³/mol. The van der Waals surface area contributed by atoms with Crippen molar-refractivity contribution in [3.8, 4) is 0 Å². The second-order valence-corrected chi connectivity index (χ2v) is 5.61. The van der Waals surface area contributed by atoms with Crippen LogP contribution in [0.15, 0.2) is 18.2 Å². The number of rotatable bonds is 6. The number of hydrogen-bond acceptors (Lipinski definition) is 2. The van der Waals surface area contributed by atoms with E-state index in [9.17, 15) is 9.59 Å². The minimum Gasteiger partial charge on any atom is -0.481 e. The summed E-state index contributed by atoms with van der Waals surface area (Å²) in [4.78, 5) is 24.5. The molecule has 6 heteroatoms. The van der Waals surface area contributed by atoms with Crippen LogP contribution >= 0.6 is 11.6 Å². The quantitative estimate of drug-likeness (QED) is 0.840. The van der Waals surface area contributed by atoms with Crippen LogP contribution in [0.5, 0.6) is 0 Å². The van der Waals surface area contributed by atoms with Crippen LogP contribution in [0, 0.1) is 6.92 Å². The molecular weight excluding hydrogens is 292 g/mol. The molecule has 0 aromatic heterocycles. The summed E-state index contributed by atoms with van der Waals surface area (Å²) in [7, 11) is 0. The highest BCUT2D eigenvalue weighted by atomic mass is 35.5. The molecule has 21 heavy (non-hydrogen) atoms. The molecule has 116 valence electrons. The van der Waals surface area contributed by atoms with E-state index in [0.29, 0.717) is 23.7 Å². The molecule has 5 nitrogen and oxygen atoms in total. The fraction of sp³-hybridized carbons (Fsp3) is 0.467. The molecule has 0 saturated heterocycles. The molecule has 1 aromatic rings. The van der Waals surface area contributed by atoms with Crippen molar-refractivity contribution in [3.63, 3.8) is 0 Å². The van der Waals surface area contributed by atoms with E-state index >= 15 is 0 Å². The van der Waals surface area contributed by atoms with Gasteiger partial charge in [0.05, 0.1) is 0 Å². The SMILES string of the molecule is Cc1ccc(Cl)cc1NC(=O)N(CCCC(=O)O)C(C)C. The van der Waals surface area contributed by atoms with Gasteiger partial charge in [0.25, 0.3) is 0 Å². The van der Waals surface area contributed by atoms with E-state index in [4.69, 9.17) is 16.7 Å². The van der Waals surface area contributed by atoms with Crippen molar-refractivity contribution in [2.75, 3.05) is 11.9 Å². The molecular formula is C15H21ClN2O3. The average Bonchev–Trinajstić information content (AvgIpc) is 2.38. The standard InChI is InChI=1S/C15H21ClN2O3/c1-10(2)18(8-4-5-14(19)20)15(21)17-13-9-12(16)7-6-11(13)3/h6-7,9-10H,4-5,8H2,1-3H3,(H,17,21)(H,19,20). The number of aryl methyl sites for hydroxylation is 1. The summed E-state index contributed by atoms with van der Waals surface area (Å²) in [5, 5.41) is 12.1. The summed E-state index contributed by atoms with van der Waals surface area (Å²) in [5.41, 5.74) is 1.58. The van der Waals surface area contributed by atoms with Gasteiger partial charge in [-0.25, -0.2) is 4.79 Å². The van der Waals surface area contributed by atoms with Crippen LogP contribution in [0.1, 0.15) is 32.3 Å². The van der Waals surface area contributed by atoms with Crippen molar-refractivity contribution >= 4 is 29.3 Å². The number of nitrogens with zero attached hydrogens (tertiary/aromatic N) is 1. The van der Waals surface area contributed by atoms with E-state index in [1.165, 1.54) is 0 Å². The van der Waals surface area contributed by atoms with Crippen LogP contribution in [-0.4, -0.2) is 34.6 Å². The summed E-state index contributed by atoms with van der Waals surface area (Å²) in [5.74, 6) is -0.857. The summed E-state index contributed by atoms with van der Waals surface area (Å²) in [6.07, 6.45) is 0.474. The van der Waals surface area contributed by atoms with Crippen LogP contribution in [0.4, 0.5) is 10.5 Å². The van der Waals surface area contributed by atoms with Crippen LogP contribution in [0.3, 0.4) is 0 Å². The highest BCUT2D eigenvalue weighted by Gasteiger charge is 2.17. The molecule has 0 aliphatic carbocycles. The van der Waals surface area contributed by atoms with Crippen LogP contribution < -0.4 is 5.32 Å². The van der Waals surface area contributed by atoms with E-state index in [1.54, 1.807) is 17.0 Å². The van der Waals surface area contributed by atoms with Gasteiger partial charge in [-0.1, -0.05) is 17.7 Å². The van der Waals surface area contributed by atoms with Gasteiger partial charge >= 0.3 is 12.0 Å². The van der Waals surface area contributed by atoms with Crippen molar-refractivity contribution in [1.29, 1.82) is 0 Å². The normalized spacial score (nSPS) is 10.5. The third kappa shape index (κ3) is 5.63. The Hall–Kier alpha value is -1.75. The van der Waals surface area contributed by atoms with Crippen LogP contribution in [0.2, 0.25) is 5.02 Å². The average molecular weight is 313 g/mol. The number of halogens is 1. The number of carboxylic acid groups (broad SMARTS) is 1. The van der Waals surface area contributed by atoms with Gasteiger partial charge < -0.3 is 15.3 Å². The molecule has 0 spiro atoms. The molecule has 0 saturated carbocycles. The number of urea groups is 1. The van der Waals surface area contributed by atoms with Gasteiger partial charge in [-0.05, 0) is 44.9 Å². The number of benzene rings is 1. The number of amides is 2. The van der Waals surface area contributed by atoms with Crippen molar-refractivity contribution in [2.24, 2.45) is 0 Å². The summed E-state index contributed by atoms with van der Waals surface area (Å²) < 4.78 is 0. The van der Waals surface area contributed by atoms with Gasteiger partial charge in [-0.3, -0.25) is 4.79 Å². The number of carbonyl (C=O) groups is 2. The Bertz CT molecular complexity index is 518. The topological polar surface area (TPSA) is 69.6 Å². The number of carboxylic acids is 1. The molecule has 0 radical (unpaired) electrons.